The zero-order valence-electron chi connectivity index (χ0n) is 15.9. The van der Waals surface area contributed by atoms with E-state index in [1.807, 2.05) is 0 Å². The highest BCUT2D eigenvalue weighted by atomic mass is 19.1. The molecule has 30 heavy (non-hydrogen) atoms. The zero-order chi connectivity index (χ0) is 21.3. The van der Waals surface area contributed by atoms with Gasteiger partial charge in [0.25, 0.3) is 11.8 Å². The Bertz CT molecular complexity index is 1160. The van der Waals surface area contributed by atoms with Gasteiger partial charge < -0.3 is 10.1 Å². The van der Waals surface area contributed by atoms with Crippen LogP contribution in [0.5, 0.6) is 5.75 Å². The SMILES string of the molecule is COc1ccc(C2=C(Nc3ccc(F)cc3)C(=O)N(c3ccccc3F)C2=O)cc1. The molecule has 5 nitrogen and oxygen atoms in total. The summed E-state index contributed by atoms with van der Waals surface area (Å²) in [5, 5.41) is 2.89. The molecule has 0 aliphatic carbocycles. The van der Waals surface area contributed by atoms with Crippen LogP contribution in [0.4, 0.5) is 20.2 Å². The molecule has 2 amide bonds. The number of amides is 2. The lowest BCUT2D eigenvalue weighted by atomic mass is 10.0. The van der Waals surface area contributed by atoms with Crippen molar-refractivity contribution < 1.29 is 23.1 Å². The summed E-state index contributed by atoms with van der Waals surface area (Å²) in [7, 11) is 1.51. The number of hydrogen-bond donors (Lipinski definition) is 1. The summed E-state index contributed by atoms with van der Waals surface area (Å²) in [6, 6.07) is 17.5. The smallest absolute Gasteiger partial charge is 0.282 e. The molecule has 3 aromatic carbocycles. The molecule has 150 valence electrons. The maximum absolute atomic E-state index is 14.4. The fourth-order valence-electron chi connectivity index (χ4n) is 3.20. The Balaban J connectivity index is 1.82. The number of nitrogens with zero attached hydrogens (tertiary/aromatic N) is 1. The van der Waals surface area contributed by atoms with Crippen LogP contribution in [0, 0.1) is 11.6 Å². The predicted octanol–water partition coefficient (Wildman–Crippen LogP) is 4.37. The standard InChI is InChI=1S/C23H16F2N2O3/c1-30-17-12-6-14(7-13-17)20-21(26-16-10-8-15(24)9-11-16)23(29)27(22(20)28)19-5-3-2-4-18(19)25/h2-13,26H,1H3. The number of halogens is 2. The number of carbonyl (C=O) groups excluding carboxylic acids is 2. The van der Waals surface area contributed by atoms with Crippen molar-refractivity contribution in [1.29, 1.82) is 0 Å². The number of para-hydroxylation sites is 1. The Hall–Kier alpha value is -4.00. The van der Waals surface area contributed by atoms with Gasteiger partial charge in [-0.3, -0.25) is 9.59 Å². The maximum atomic E-state index is 14.4. The van der Waals surface area contributed by atoms with Gasteiger partial charge >= 0.3 is 0 Å². The average Bonchev–Trinajstić information content (AvgIpc) is 3.00. The van der Waals surface area contributed by atoms with Crippen LogP contribution in [0.1, 0.15) is 5.56 Å². The monoisotopic (exact) mass is 406 g/mol. The molecule has 4 rings (SSSR count). The van der Waals surface area contributed by atoms with Gasteiger partial charge in [-0.25, -0.2) is 13.7 Å². The summed E-state index contributed by atoms with van der Waals surface area (Å²) >= 11 is 0. The molecular weight excluding hydrogens is 390 g/mol. The van der Waals surface area contributed by atoms with Crippen molar-refractivity contribution in [3.63, 3.8) is 0 Å². The summed E-state index contributed by atoms with van der Waals surface area (Å²) in [6.07, 6.45) is 0. The maximum Gasteiger partial charge on any atom is 0.282 e. The molecule has 0 unspecified atom stereocenters. The van der Waals surface area contributed by atoms with E-state index in [4.69, 9.17) is 4.74 Å². The number of imide groups is 1. The van der Waals surface area contributed by atoms with Gasteiger partial charge in [0.15, 0.2) is 0 Å². The van der Waals surface area contributed by atoms with E-state index < -0.39 is 23.4 Å². The number of nitrogens with one attached hydrogen (secondary N) is 1. The van der Waals surface area contributed by atoms with Gasteiger partial charge in [0.2, 0.25) is 0 Å². The molecule has 0 radical (unpaired) electrons. The number of hydrogen-bond acceptors (Lipinski definition) is 4. The third-order valence-electron chi connectivity index (χ3n) is 4.67. The molecule has 1 aliphatic heterocycles. The van der Waals surface area contributed by atoms with E-state index in [1.165, 1.54) is 55.6 Å². The highest BCUT2D eigenvalue weighted by Crippen LogP contribution is 2.35. The first kappa shape index (κ1) is 19.3. The summed E-state index contributed by atoms with van der Waals surface area (Å²) in [5.74, 6) is -1.93. The normalized spacial score (nSPS) is 13.8. The minimum atomic E-state index is -0.708. The Labute approximate surface area is 171 Å². The average molecular weight is 406 g/mol. The first-order chi connectivity index (χ1) is 14.5. The van der Waals surface area contributed by atoms with E-state index >= 15 is 0 Å². The van der Waals surface area contributed by atoms with E-state index in [9.17, 15) is 18.4 Å². The van der Waals surface area contributed by atoms with E-state index in [0.29, 0.717) is 17.0 Å². The molecule has 0 bridgehead atoms. The van der Waals surface area contributed by atoms with Crippen LogP contribution in [0.3, 0.4) is 0 Å². The van der Waals surface area contributed by atoms with Crippen molar-refractivity contribution in [1.82, 2.24) is 0 Å². The van der Waals surface area contributed by atoms with E-state index in [0.717, 1.165) is 4.90 Å². The Morgan fingerprint density at radius 1 is 0.833 bits per heavy atom. The molecule has 0 saturated heterocycles. The number of benzene rings is 3. The van der Waals surface area contributed by atoms with Crippen molar-refractivity contribution in [3.8, 4) is 5.75 Å². The van der Waals surface area contributed by atoms with Gasteiger partial charge in [-0.2, -0.15) is 0 Å². The number of anilines is 2. The van der Waals surface area contributed by atoms with Gasteiger partial charge in [0.05, 0.1) is 18.4 Å². The first-order valence-corrected chi connectivity index (χ1v) is 9.04. The Kier molecular flexibility index (Phi) is 5.02. The van der Waals surface area contributed by atoms with Crippen LogP contribution in [0.15, 0.2) is 78.5 Å². The number of methoxy groups -OCH3 is 1. The lowest BCUT2D eigenvalue weighted by molar-refractivity contribution is -0.120. The van der Waals surface area contributed by atoms with Crippen LogP contribution in [-0.2, 0) is 9.59 Å². The van der Waals surface area contributed by atoms with Crippen LogP contribution in [0.2, 0.25) is 0 Å². The largest absolute Gasteiger partial charge is 0.497 e. The summed E-state index contributed by atoms with van der Waals surface area (Å²) < 4.78 is 32.8. The molecule has 0 aromatic heterocycles. The van der Waals surface area contributed by atoms with Crippen molar-refractivity contribution in [2.75, 3.05) is 17.3 Å². The van der Waals surface area contributed by atoms with Crippen LogP contribution >= 0.6 is 0 Å². The second-order valence-electron chi connectivity index (χ2n) is 6.51. The van der Waals surface area contributed by atoms with Gasteiger partial charge in [0.1, 0.15) is 23.1 Å². The van der Waals surface area contributed by atoms with Crippen LogP contribution in [-0.4, -0.2) is 18.9 Å². The van der Waals surface area contributed by atoms with Crippen molar-refractivity contribution in [2.45, 2.75) is 0 Å². The quantitative estimate of drug-likeness (QED) is 0.640. The van der Waals surface area contributed by atoms with E-state index in [-0.39, 0.29) is 17.0 Å². The molecule has 0 saturated carbocycles. The lowest BCUT2D eigenvalue weighted by Gasteiger charge is -2.16. The summed E-state index contributed by atoms with van der Waals surface area (Å²) in [5.41, 5.74) is 0.774. The van der Waals surface area contributed by atoms with Crippen LogP contribution in [0.25, 0.3) is 5.57 Å². The van der Waals surface area contributed by atoms with Gasteiger partial charge in [-0.15, -0.1) is 0 Å². The van der Waals surface area contributed by atoms with E-state index in [2.05, 4.69) is 5.32 Å². The van der Waals surface area contributed by atoms with Crippen LogP contribution < -0.4 is 15.0 Å². The molecule has 0 fully saturated rings. The van der Waals surface area contributed by atoms with Gasteiger partial charge in [-0.1, -0.05) is 24.3 Å². The predicted molar refractivity (Wildman–Crippen MR) is 109 cm³/mol. The van der Waals surface area contributed by atoms with Gasteiger partial charge in [-0.05, 0) is 54.1 Å². The minimum absolute atomic E-state index is 0.0278. The Morgan fingerprint density at radius 3 is 2.13 bits per heavy atom. The van der Waals surface area contributed by atoms with Gasteiger partial charge in [0, 0.05) is 5.69 Å². The highest BCUT2D eigenvalue weighted by Gasteiger charge is 2.41. The van der Waals surface area contributed by atoms with E-state index in [1.54, 1.807) is 24.3 Å². The summed E-state index contributed by atoms with van der Waals surface area (Å²) in [4.78, 5) is 27.2. The second-order valence-corrected chi connectivity index (χ2v) is 6.51. The third-order valence-corrected chi connectivity index (χ3v) is 4.67. The number of ether oxygens (including phenoxy) is 1. The molecule has 1 aliphatic rings. The highest BCUT2D eigenvalue weighted by molar-refractivity contribution is 6.46. The molecule has 0 spiro atoms. The molecule has 1 N–H and O–H groups in total. The fraction of sp³-hybridized carbons (Fsp3) is 0.0435. The molecular formula is C23H16F2N2O3. The second kappa shape index (κ2) is 7.79. The molecule has 7 heteroatoms. The molecule has 3 aromatic rings. The minimum Gasteiger partial charge on any atom is -0.497 e. The topological polar surface area (TPSA) is 58.6 Å². The fourth-order valence-corrected chi connectivity index (χ4v) is 3.20. The molecule has 0 atom stereocenters. The molecule has 1 heterocycles. The number of rotatable bonds is 5. The first-order valence-electron chi connectivity index (χ1n) is 9.04. The van der Waals surface area contributed by atoms with Crippen molar-refractivity contribution >= 4 is 28.8 Å². The zero-order valence-corrected chi connectivity index (χ0v) is 15.9. The van der Waals surface area contributed by atoms with Crippen molar-refractivity contribution in [3.05, 3.63) is 95.7 Å². The number of carbonyl (C=O) groups is 2. The Morgan fingerprint density at radius 2 is 1.50 bits per heavy atom. The van der Waals surface area contributed by atoms with Crippen molar-refractivity contribution in [2.24, 2.45) is 0 Å². The third kappa shape index (κ3) is 3.41. The summed E-state index contributed by atoms with van der Waals surface area (Å²) in [6.45, 7) is 0. The lowest BCUT2D eigenvalue weighted by Crippen LogP contribution is -2.33.